The normalized spacial score (nSPS) is 13.1. The van der Waals surface area contributed by atoms with Gasteiger partial charge in [-0.05, 0) is 12.0 Å². The molecule has 0 spiro atoms. The zero-order valence-electron chi connectivity index (χ0n) is 11.6. The molecular formula is C13H20N4OS. The molecule has 6 heteroatoms. The van der Waals surface area contributed by atoms with Crippen molar-refractivity contribution in [2.24, 2.45) is 0 Å². The first-order valence-corrected chi connectivity index (χ1v) is 8.03. The summed E-state index contributed by atoms with van der Waals surface area (Å²) >= 11 is 0. The predicted molar refractivity (Wildman–Crippen MR) is 79.1 cm³/mol. The molecule has 0 aliphatic heterocycles. The van der Waals surface area contributed by atoms with Gasteiger partial charge in [0.2, 0.25) is 0 Å². The summed E-state index contributed by atoms with van der Waals surface area (Å²) in [4.78, 5) is 4.33. The molecule has 2 heterocycles. The van der Waals surface area contributed by atoms with Gasteiger partial charge in [0.25, 0.3) is 0 Å². The van der Waals surface area contributed by atoms with Crippen LogP contribution in [0.1, 0.15) is 32.4 Å². The number of anilines is 1. The van der Waals surface area contributed by atoms with Crippen LogP contribution in [0.3, 0.4) is 0 Å². The molecule has 5 nitrogen and oxygen atoms in total. The minimum atomic E-state index is -0.749. The molecule has 2 rings (SSSR count). The zero-order valence-corrected chi connectivity index (χ0v) is 12.4. The van der Waals surface area contributed by atoms with Gasteiger partial charge in [-0.25, -0.2) is 9.50 Å². The molecule has 2 aromatic rings. The standard InChI is InChI=1S/C13H20N4OS/c1-4-19(18)8-6-15-13-12-9-11(10(2)3)16-17(12)7-5-14-13/h5,7,9-10H,4,6,8H2,1-3H3,(H,14,15). The van der Waals surface area contributed by atoms with Gasteiger partial charge in [-0.2, -0.15) is 5.10 Å². The largest absolute Gasteiger partial charge is 0.367 e. The van der Waals surface area contributed by atoms with E-state index in [1.165, 1.54) is 0 Å². The van der Waals surface area contributed by atoms with Gasteiger partial charge < -0.3 is 5.32 Å². The summed E-state index contributed by atoms with van der Waals surface area (Å²) in [5.41, 5.74) is 2.02. The number of hydrogen-bond acceptors (Lipinski definition) is 4. The van der Waals surface area contributed by atoms with E-state index in [1.807, 2.05) is 17.6 Å². The molecule has 1 N–H and O–H groups in total. The van der Waals surface area contributed by atoms with E-state index in [9.17, 15) is 4.21 Å². The molecule has 0 radical (unpaired) electrons. The number of nitrogens with zero attached hydrogens (tertiary/aromatic N) is 3. The van der Waals surface area contributed by atoms with Crippen LogP contribution in [-0.2, 0) is 10.8 Å². The third kappa shape index (κ3) is 3.32. The Morgan fingerprint density at radius 3 is 2.95 bits per heavy atom. The Hall–Kier alpha value is -1.43. The van der Waals surface area contributed by atoms with Crippen molar-refractivity contribution in [1.82, 2.24) is 14.6 Å². The van der Waals surface area contributed by atoms with E-state index in [0.29, 0.717) is 24.0 Å². The highest BCUT2D eigenvalue weighted by Crippen LogP contribution is 2.19. The van der Waals surface area contributed by atoms with E-state index >= 15 is 0 Å². The van der Waals surface area contributed by atoms with Crippen molar-refractivity contribution in [2.75, 3.05) is 23.4 Å². The lowest BCUT2D eigenvalue weighted by atomic mass is 10.1. The van der Waals surface area contributed by atoms with Crippen molar-refractivity contribution in [3.8, 4) is 0 Å². The third-order valence-electron chi connectivity index (χ3n) is 2.94. The summed E-state index contributed by atoms with van der Waals surface area (Å²) < 4.78 is 13.2. The molecule has 0 saturated heterocycles. The Morgan fingerprint density at radius 1 is 1.47 bits per heavy atom. The van der Waals surface area contributed by atoms with Crippen LogP contribution in [0.5, 0.6) is 0 Å². The molecule has 0 bridgehead atoms. The van der Waals surface area contributed by atoms with Crippen LogP contribution in [0.2, 0.25) is 0 Å². The second-order valence-electron chi connectivity index (χ2n) is 4.69. The van der Waals surface area contributed by atoms with Gasteiger partial charge >= 0.3 is 0 Å². The maximum absolute atomic E-state index is 11.4. The molecule has 0 fully saturated rings. The van der Waals surface area contributed by atoms with Crippen molar-refractivity contribution < 1.29 is 4.21 Å². The van der Waals surface area contributed by atoms with E-state index in [-0.39, 0.29) is 0 Å². The molecule has 104 valence electrons. The summed E-state index contributed by atoms with van der Waals surface area (Å²) in [5, 5.41) is 7.75. The number of aromatic nitrogens is 3. The van der Waals surface area contributed by atoms with Crippen molar-refractivity contribution in [3.63, 3.8) is 0 Å². The topological polar surface area (TPSA) is 59.3 Å². The van der Waals surface area contributed by atoms with Crippen molar-refractivity contribution in [2.45, 2.75) is 26.7 Å². The highest BCUT2D eigenvalue weighted by Gasteiger charge is 2.09. The van der Waals surface area contributed by atoms with Crippen LogP contribution in [-0.4, -0.2) is 36.9 Å². The smallest absolute Gasteiger partial charge is 0.152 e. The fourth-order valence-corrected chi connectivity index (χ4v) is 2.41. The SMILES string of the molecule is CCS(=O)CCNc1nccn2nc(C(C)C)cc12. The molecule has 0 amide bonds. The summed E-state index contributed by atoms with van der Waals surface area (Å²) in [6, 6.07) is 2.05. The first kappa shape index (κ1) is 14.0. The van der Waals surface area contributed by atoms with Crippen molar-refractivity contribution in [1.29, 1.82) is 0 Å². The lowest BCUT2D eigenvalue weighted by Gasteiger charge is -2.05. The van der Waals surface area contributed by atoms with Gasteiger partial charge in [-0.3, -0.25) is 4.21 Å². The maximum Gasteiger partial charge on any atom is 0.152 e. The monoisotopic (exact) mass is 280 g/mol. The van der Waals surface area contributed by atoms with Crippen LogP contribution in [0.15, 0.2) is 18.5 Å². The predicted octanol–water partition coefficient (Wildman–Crippen LogP) is 2.03. The summed E-state index contributed by atoms with van der Waals surface area (Å²) in [6.45, 7) is 6.83. The minimum absolute atomic E-state index is 0.389. The van der Waals surface area contributed by atoms with E-state index in [1.54, 1.807) is 6.20 Å². The molecule has 0 aliphatic carbocycles. The molecule has 1 atom stereocenters. The van der Waals surface area contributed by atoms with Crippen LogP contribution in [0, 0.1) is 0 Å². The quantitative estimate of drug-likeness (QED) is 0.879. The Kier molecular flexibility index (Phi) is 4.52. The highest BCUT2D eigenvalue weighted by molar-refractivity contribution is 7.84. The molecule has 1 unspecified atom stereocenters. The molecule has 2 aromatic heterocycles. The summed E-state index contributed by atoms with van der Waals surface area (Å²) in [5.74, 6) is 2.53. The summed E-state index contributed by atoms with van der Waals surface area (Å²) in [7, 11) is -0.749. The van der Waals surface area contributed by atoms with Crippen LogP contribution in [0.25, 0.3) is 5.52 Å². The highest BCUT2D eigenvalue weighted by atomic mass is 32.2. The molecular weight excluding hydrogens is 260 g/mol. The van der Waals surface area contributed by atoms with E-state index in [0.717, 1.165) is 17.0 Å². The van der Waals surface area contributed by atoms with E-state index in [2.05, 4.69) is 35.3 Å². The molecule has 0 aromatic carbocycles. The molecule has 19 heavy (non-hydrogen) atoms. The zero-order chi connectivity index (χ0) is 13.8. The van der Waals surface area contributed by atoms with Gasteiger partial charge in [-0.15, -0.1) is 0 Å². The maximum atomic E-state index is 11.4. The Bertz CT molecular complexity index is 579. The van der Waals surface area contributed by atoms with Gasteiger partial charge in [0.15, 0.2) is 5.82 Å². The Morgan fingerprint density at radius 2 is 2.26 bits per heavy atom. The number of hydrogen-bond donors (Lipinski definition) is 1. The number of fused-ring (bicyclic) bond motifs is 1. The van der Waals surface area contributed by atoms with E-state index < -0.39 is 10.8 Å². The van der Waals surface area contributed by atoms with Crippen LogP contribution >= 0.6 is 0 Å². The first-order chi connectivity index (χ1) is 9.11. The lowest BCUT2D eigenvalue weighted by molar-refractivity contribution is 0.684. The van der Waals surface area contributed by atoms with Crippen molar-refractivity contribution >= 4 is 22.1 Å². The van der Waals surface area contributed by atoms with Gasteiger partial charge in [0, 0.05) is 41.2 Å². The third-order valence-corrected chi connectivity index (χ3v) is 4.25. The van der Waals surface area contributed by atoms with Gasteiger partial charge in [0.1, 0.15) is 5.52 Å². The van der Waals surface area contributed by atoms with Gasteiger partial charge in [0.05, 0.1) is 5.69 Å². The van der Waals surface area contributed by atoms with Gasteiger partial charge in [-0.1, -0.05) is 20.8 Å². The van der Waals surface area contributed by atoms with Crippen molar-refractivity contribution in [3.05, 3.63) is 24.2 Å². The lowest BCUT2D eigenvalue weighted by Crippen LogP contribution is -2.13. The fourth-order valence-electron chi connectivity index (χ4n) is 1.79. The number of rotatable bonds is 6. The second kappa shape index (κ2) is 6.14. The fraction of sp³-hybridized carbons (Fsp3) is 0.538. The summed E-state index contributed by atoms with van der Waals surface area (Å²) in [6.07, 6.45) is 3.57. The Labute approximate surface area is 115 Å². The van der Waals surface area contributed by atoms with E-state index in [4.69, 9.17) is 0 Å². The van der Waals surface area contributed by atoms with Crippen LogP contribution < -0.4 is 5.32 Å². The first-order valence-electron chi connectivity index (χ1n) is 6.55. The van der Waals surface area contributed by atoms with Crippen LogP contribution in [0.4, 0.5) is 5.82 Å². The molecule has 0 saturated carbocycles. The number of nitrogens with one attached hydrogen (secondary N) is 1. The minimum Gasteiger partial charge on any atom is -0.367 e. The average molecular weight is 280 g/mol. The average Bonchev–Trinajstić information content (AvgIpc) is 2.83. The Balaban J connectivity index is 2.16. The second-order valence-corrected chi connectivity index (χ2v) is 6.55. The molecule has 0 aliphatic rings.